The minimum absolute atomic E-state index is 0.0447. The summed E-state index contributed by atoms with van der Waals surface area (Å²) in [6.07, 6.45) is -2.60. The van der Waals surface area contributed by atoms with Crippen LogP contribution in [0.1, 0.15) is 27.7 Å². The van der Waals surface area contributed by atoms with Gasteiger partial charge in [0.1, 0.15) is 11.5 Å². The van der Waals surface area contributed by atoms with Crippen LogP contribution in [0.3, 0.4) is 0 Å². The van der Waals surface area contributed by atoms with Gasteiger partial charge in [-0.05, 0) is 19.1 Å². The molecule has 0 atom stereocenters. The molecule has 0 saturated heterocycles. The molecule has 29 heavy (non-hydrogen) atoms. The van der Waals surface area contributed by atoms with Crippen molar-refractivity contribution in [1.29, 1.82) is 0 Å². The third-order valence-electron chi connectivity index (χ3n) is 4.00. The number of nitrogens with two attached hydrogens (primary N) is 1. The average molecular weight is 404 g/mol. The summed E-state index contributed by atoms with van der Waals surface area (Å²) in [5.41, 5.74) is 6.68. The zero-order chi connectivity index (χ0) is 21.6. The number of carbonyl (C=O) groups is 1. The van der Waals surface area contributed by atoms with Gasteiger partial charge >= 0.3 is 0 Å². The lowest BCUT2D eigenvalue weighted by atomic mass is 10.1. The summed E-state index contributed by atoms with van der Waals surface area (Å²) >= 11 is 0. The highest BCUT2D eigenvalue weighted by Gasteiger charge is 2.24. The summed E-state index contributed by atoms with van der Waals surface area (Å²) in [5.74, 6) is 0.117. The van der Waals surface area contributed by atoms with Crippen LogP contribution in [0, 0.1) is 6.92 Å². The molecule has 8 nitrogen and oxygen atoms in total. The van der Waals surface area contributed by atoms with Crippen LogP contribution in [0.4, 0.5) is 14.5 Å². The second kappa shape index (κ2) is 9.58. The predicted octanol–water partition coefficient (Wildman–Crippen LogP) is 2.90. The van der Waals surface area contributed by atoms with Crippen molar-refractivity contribution in [2.24, 2.45) is 15.9 Å². The maximum absolute atomic E-state index is 13.1. The standard InChI is InChI=1S/C19H22F2N6O2/c1-12(22)18-13(2)29-17(25-18)9-10-26(11-16(20)21)19(28)14-7-5-6-8-15(14)27(23-3)24-4/h5-8,16H,1,3-4,9-11,22H2,2H3. The monoisotopic (exact) mass is 404 g/mol. The molecule has 2 aromatic rings. The van der Waals surface area contributed by atoms with Crippen LogP contribution in [0.15, 0.2) is 45.5 Å². The fourth-order valence-corrected chi connectivity index (χ4v) is 2.73. The number of rotatable bonds is 10. The normalized spacial score (nSPS) is 10.6. The van der Waals surface area contributed by atoms with E-state index in [9.17, 15) is 13.6 Å². The second-order valence-electron chi connectivity index (χ2n) is 6.02. The number of para-hydroxylation sites is 1. The van der Waals surface area contributed by atoms with Gasteiger partial charge in [-0.15, -0.1) is 0 Å². The van der Waals surface area contributed by atoms with Crippen LogP contribution < -0.4 is 10.9 Å². The molecule has 2 rings (SSSR count). The Hall–Kier alpha value is -3.56. The first-order valence-electron chi connectivity index (χ1n) is 8.59. The molecule has 0 unspecified atom stereocenters. The summed E-state index contributed by atoms with van der Waals surface area (Å²) in [6, 6.07) is 6.32. The van der Waals surface area contributed by atoms with Crippen molar-refractivity contribution in [2.45, 2.75) is 19.8 Å². The SMILES string of the molecule is C=NN(N=C)c1ccccc1C(=O)N(CCc1nc(C(=C)N)c(C)o1)CC(F)F. The molecule has 2 N–H and O–H groups in total. The van der Waals surface area contributed by atoms with E-state index in [1.165, 1.54) is 6.07 Å². The summed E-state index contributed by atoms with van der Waals surface area (Å²) in [5, 5.41) is 8.35. The summed E-state index contributed by atoms with van der Waals surface area (Å²) in [7, 11) is 0. The molecule has 1 aromatic heterocycles. The van der Waals surface area contributed by atoms with E-state index in [0.29, 0.717) is 11.5 Å². The molecule has 0 aliphatic rings. The lowest BCUT2D eigenvalue weighted by molar-refractivity contribution is 0.0554. The van der Waals surface area contributed by atoms with E-state index in [2.05, 4.69) is 35.2 Å². The third kappa shape index (κ3) is 5.24. The molecule has 0 saturated carbocycles. The highest BCUT2D eigenvalue weighted by molar-refractivity contribution is 5.99. The van der Waals surface area contributed by atoms with Crippen molar-refractivity contribution in [3.05, 3.63) is 53.8 Å². The van der Waals surface area contributed by atoms with Gasteiger partial charge in [-0.3, -0.25) is 4.79 Å². The number of halogens is 2. The Balaban J connectivity index is 2.27. The quantitative estimate of drug-likeness (QED) is 0.485. The summed E-state index contributed by atoms with van der Waals surface area (Å²) in [4.78, 5) is 18.2. The van der Waals surface area contributed by atoms with Crippen molar-refractivity contribution in [3.8, 4) is 0 Å². The topological polar surface area (TPSA) is 100 Å². The molecule has 1 amide bonds. The molecule has 0 fully saturated rings. The lowest BCUT2D eigenvalue weighted by Gasteiger charge is -2.24. The van der Waals surface area contributed by atoms with Gasteiger partial charge in [0.05, 0.1) is 23.5 Å². The molecule has 0 aliphatic carbocycles. The van der Waals surface area contributed by atoms with E-state index in [4.69, 9.17) is 10.2 Å². The number of hydrogen-bond donors (Lipinski definition) is 1. The average Bonchev–Trinajstić information content (AvgIpc) is 3.06. The van der Waals surface area contributed by atoms with E-state index in [0.717, 1.165) is 10.0 Å². The molecule has 154 valence electrons. The van der Waals surface area contributed by atoms with Gasteiger partial charge in [-0.2, -0.15) is 15.3 Å². The Kier molecular flexibility index (Phi) is 7.18. The highest BCUT2D eigenvalue weighted by atomic mass is 19.3. The van der Waals surface area contributed by atoms with Crippen LogP contribution in [0.2, 0.25) is 0 Å². The van der Waals surface area contributed by atoms with Crippen molar-refractivity contribution in [2.75, 3.05) is 18.2 Å². The fraction of sp³-hybridized carbons (Fsp3) is 0.263. The molecule has 0 aliphatic heterocycles. The van der Waals surface area contributed by atoms with Crippen LogP contribution in [-0.2, 0) is 6.42 Å². The van der Waals surface area contributed by atoms with Gasteiger partial charge in [0.15, 0.2) is 5.89 Å². The number of nitrogens with zero attached hydrogens (tertiary/aromatic N) is 5. The van der Waals surface area contributed by atoms with Crippen molar-refractivity contribution < 1.29 is 18.0 Å². The number of alkyl halides is 2. The van der Waals surface area contributed by atoms with Crippen molar-refractivity contribution >= 4 is 30.7 Å². The van der Waals surface area contributed by atoms with E-state index in [1.807, 2.05) is 0 Å². The zero-order valence-corrected chi connectivity index (χ0v) is 16.0. The van der Waals surface area contributed by atoms with E-state index in [-0.39, 0.29) is 35.8 Å². The number of anilines is 1. The Morgan fingerprint density at radius 1 is 1.31 bits per heavy atom. The van der Waals surface area contributed by atoms with Gasteiger partial charge in [-0.25, -0.2) is 13.8 Å². The number of hydrogen-bond acceptors (Lipinski definition) is 7. The largest absolute Gasteiger partial charge is 0.445 e. The minimum atomic E-state index is -2.72. The Morgan fingerprint density at radius 3 is 2.52 bits per heavy atom. The van der Waals surface area contributed by atoms with E-state index < -0.39 is 18.9 Å². The first kappa shape index (κ1) is 21.7. The Bertz CT molecular complexity index is 904. The second-order valence-corrected chi connectivity index (χ2v) is 6.02. The van der Waals surface area contributed by atoms with Gasteiger partial charge in [-0.1, -0.05) is 18.7 Å². The van der Waals surface area contributed by atoms with Crippen LogP contribution in [0.5, 0.6) is 0 Å². The number of aryl methyl sites for hydroxylation is 1. The van der Waals surface area contributed by atoms with Crippen LogP contribution in [-0.4, -0.2) is 48.7 Å². The Labute approximate surface area is 167 Å². The molecular weight excluding hydrogens is 382 g/mol. The molecule has 1 aromatic carbocycles. The number of benzene rings is 1. The lowest BCUT2D eigenvalue weighted by Crippen LogP contribution is -2.37. The van der Waals surface area contributed by atoms with Gasteiger partial charge in [0.2, 0.25) is 0 Å². The first-order valence-corrected chi connectivity index (χ1v) is 8.59. The first-order chi connectivity index (χ1) is 13.8. The third-order valence-corrected chi connectivity index (χ3v) is 4.00. The number of hydrazone groups is 2. The van der Waals surface area contributed by atoms with E-state index in [1.54, 1.807) is 25.1 Å². The van der Waals surface area contributed by atoms with Gasteiger partial charge in [0.25, 0.3) is 12.3 Å². The molecular formula is C19H22F2N6O2. The van der Waals surface area contributed by atoms with Gasteiger partial charge < -0.3 is 15.1 Å². The Morgan fingerprint density at radius 2 is 1.97 bits per heavy atom. The summed E-state index contributed by atoms with van der Waals surface area (Å²) < 4.78 is 31.7. The molecule has 1 heterocycles. The van der Waals surface area contributed by atoms with E-state index >= 15 is 0 Å². The molecule has 10 heteroatoms. The van der Waals surface area contributed by atoms with Crippen molar-refractivity contribution in [3.63, 3.8) is 0 Å². The number of amides is 1. The maximum Gasteiger partial charge on any atom is 0.256 e. The minimum Gasteiger partial charge on any atom is -0.445 e. The van der Waals surface area contributed by atoms with Gasteiger partial charge in [0, 0.05) is 26.4 Å². The summed E-state index contributed by atoms with van der Waals surface area (Å²) in [6.45, 7) is 11.2. The number of oxazole rings is 1. The predicted molar refractivity (Wildman–Crippen MR) is 108 cm³/mol. The maximum atomic E-state index is 13.1. The number of aromatic nitrogens is 1. The van der Waals surface area contributed by atoms with Crippen LogP contribution >= 0.6 is 0 Å². The van der Waals surface area contributed by atoms with Crippen molar-refractivity contribution in [1.82, 2.24) is 9.88 Å². The molecule has 0 spiro atoms. The van der Waals surface area contributed by atoms with Crippen LogP contribution in [0.25, 0.3) is 5.70 Å². The zero-order valence-electron chi connectivity index (χ0n) is 16.0. The molecule has 0 radical (unpaired) electrons. The highest BCUT2D eigenvalue weighted by Crippen LogP contribution is 2.23. The smallest absolute Gasteiger partial charge is 0.256 e. The number of carbonyl (C=O) groups excluding carboxylic acids is 1. The fourth-order valence-electron chi connectivity index (χ4n) is 2.73. The molecule has 0 bridgehead atoms.